The normalized spacial score (nSPS) is 12.3. The van der Waals surface area contributed by atoms with E-state index in [-0.39, 0.29) is 13.4 Å². The molecule has 7 heteroatoms. The molecule has 0 saturated heterocycles. The molecule has 1 amide bonds. The topological polar surface area (TPSA) is 101 Å². The fraction of sp³-hybridized carbons (Fsp3) is 0.158. The van der Waals surface area contributed by atoms with Crippen molar-refractivity contribution in [3.8, 4) is 28.4 Å². The monoisotopic (exact) mass is 353 g/mol. The molecule has 0 spiro atoms. The van der Waals surface area contributed by atoms with Crippen LogP contribution in [0.3, 0.4) is 0 Å². The smallest absolute Gasteiger partial charge is 0.344 e. The minimum atomic E-state index is -0.567. The third-order valence-electron chi connectivity index (χ3n) is 4.18. The maximum Gasteiger partial charge on any atom is 0.344 e. The Balaban J connectivity index is 1.84. The standard InChI is InChI=1S/C19H15NO6/c1-10-13-7-12(23-8-17(20)21)3-5-14(13)26-19(22)18(10)11-2-4-15-16(6-11)25-9-24-15/h2-7H,8-9H2,1H3,(H2,20,21). The Hall–Kier alpha value is -3.48. The molecule has 0 radical (unpaired) electrons. The van der Waals surface area contributed by atoms with Gasteiger partial charge in [-0.25, -0.2) is 4.79 Å². The molecular weight excluding hydrogens is 338 g/mol. The zero-order valence-electron chi connectivity index (χ0n) is 13.9. The van der Waals surface area contributed by atoms with Crippen molar-refractivity contribution in [2.45, 2.75) is 6.92 Å². The molecule has 0 atom stereocenters. The van der Waals surface area contributed by atoms with Crippen molar-refractivity contribution in [1.29, 1.82) is 0 Å². The summed E-state index contributed by atoms with van der Waals surface area (Å²) in [5, 5.41) is 0.708. The highest BCUT2D eigenvalue weighted by Gasteiger charge is 2.18. The summed E-state index contributed by atoms with van der Waals surface area (Å²) in [6.07, 6.45) is 0. The van der Waals surface area contributed by atoms with Crippen molar-refractivity contribution in [2.75, 3.05) is 13.4 Å². The van der Waals surface area contributed by atoms with Crippen molar-refractivity contribution in [2.24, 2.45) is 5.73 Å². The second-order valence-corrected chi connectivity index (χ2v) is 5.87. The molecule has 2 aromatic carbocycles. The van der Waals surface area contributed by atoms with E-state index in [0.29, 0.717) is 39.3 Å². The van der Waals surface area contributed by atoms with E-state index in [1.165, 1.54) is 0 Å². The van der Waals surface area contributed by atoms with Crippen LogP contribution in [0.15, 0.2) is 45.6 Å². The Morgan fingerprint density at radius 1 is 1.15 bits per heavy atom. The molecule has 26 heavy (non-hydrogen) atoms. The lowest BCUT2D eigenvalue weighted by Gasteiger charge is -2.10. The van der Waals surface area contributed by atoms with Crippen molar-refractivity contribution in [3.05, 3.63) is 52.4 Å². The van der Waals surface area contributed by atoms with E-state index in [2.05, 4.69) is 0 Å². The molecule has 0 bridgehead atoms. The van der Waals surface area contributed by atoms with Crippen molar-refractivity contribution in [1.82, 2.24) is 0 Å². The number of hydrogen-bond donors (Lipinski definition) is 1. The quantitative estimate of drug-likeness (QED) is 0.723. The third kappa shape index (κ3) is 2.73. The van der Waals surface area contributed by atoms with Gasteiger partial charge in [-0.15, -0.1) is 0 Å². The van der Waals surface area contributed by atoms with Crippen LogP contribution in [0.25, 0.3) is 22.1 Å². The van der Waals surface area contributed by atoms with Gasteiger partial charge in [0.15, 0.2) is 18.1 Å². The number of fused-ring (bicyclic) bond motifs is 2. The van der Waals surface area contributed by atoms with Gasteiger partial charge in [-0.2, -0.15) is 0 Å². The SMILES string of the molecule is Cc1c(-c2ccc3c(c2)OCO3)c(=O)oc2ccc(OCC(N)=O)cc12. The molecule has 3 aromatic rings. The molecular formula is C19H15NO6. The van der Waals surface area contributed by atoms with Gasteiger partial charge in [-0.05, 0) is 48.4 Å². The second kappa shape index (κ2) is 6.11. The van der Waals surface area contributed by atoms with Gasteiger partial charge < -0.3 is 24.4 Å². The molecule has 1 aliphatic rings. The Kier molecular flexibility index (Phi) is 3.76. The lowest BCUT2D eigenvalue weighted by Crippen LogP contribution is -2.20. The number of carbonyl (C=O) groups excluding carboxylic acids is 1. The lowest BCUT2D eigenvalue weighted by molar-refractivity contribution is -0.119. The van der Waals surface area contributed by atoms with E-state index in [0.717, 1.165) is 5.56 Å². The van der Waals surface area contributed by atoms with Crippen LogP contribution in [0, 0.1) is 6.92 Å². The molecule has 4 rings (SSSR count). The number of hydrogen-bond acceptors (Lipinski definition) is 6. The third-order valence-corrected chi connectivity index (χ3v) is 4.18. The predicted octanol–water partition coefficient (Wildman–Crippen LogP) is 2.36. The summed E-state index contributed by atoms with van der Waals surface area (Å²) in [6, 6.07) is 10.3. The van der Waals surface area contributed by atoms with E-state index < -0.39 is 11.5 Å². The number of benzene rings is 2. The fourth-order valence-electron chi connectivity index (χ4n) is 2.96. The van der Waals surface area contributed by atoms with E-state index >= 15 is 0 Å². The number of primary amides is 1. The van der Waals surface area contributed by atoms with Crippen molar-refractivity contribution < 1.29 is 23.4 Å². The first kappa shape index (κ1) is 16.0. The molecule has 7 nitrogen and oxygen atoms in total. The zero-order valence-corrected chi connectivity index (χ0v) is 13.9. The van der Waals surface area contributed by atoms with Gasteiger partial charge in [0.2, 0.25) is 6.79 Å². The highest BCUT2D eigenvalue weighted by atomic mass is 16.7. The van der Waals surface area contributed by atoms with Crippen LogP contribution in [0.4, 0.5) is 0 Å². The summed E-state index contributed by atoms with van der Waals surface area (Å²) in [6.45, 7) is 1.76. The number of rotatable bonds is 4. The van der Waals surface area contributed by atoms with Gasteiger partial charge >= 0.3 is 5.63 Å². The molecule has 1 aliphatic heterocycles. The van der Waals surface area contributed by atoms with Gasteiger partial charge in [-0.3, -0.25) is 4.79 Å². The molecule has 0 aliphatic carbocycles. The van der Waals surface area contributed by atoms with Crippen molar-refractivity contribution >= 4 is 16.9 Å². The number of carbonyl (C=O) groups is 1. The van der Waals surface area contributed by atoms with E-state index in [9.17, 15) is 9.59 Å². The number of amides is 1. The summed E-state index contributed by atoms with van der Waals surface area (Å²) in [5.74, 6) is 1.12. The van der Waals surface area contributed by atoms with E-state index in [4.69, 9.17) is 24.4 Å². The van der Waals surface area contributed by atoms with E-state index in [1.807, 2.05) is 6.92 Å². The van der Waals surface area contributed by atoms with Crippen LogP contribution in [0.5, 0.6) is 17.2 Å². The highest BCUT2D eigenvalue weighted by Crippen LogP contribution is 2.37. The van der Waals surface area contributed by atoms with Crippen LogP contribution in [-0.4, -0.2) is 19.3 Å². The van der Waals surface area contributed by atoms with Crippen LogP contribution in [0.1, 0.15) is 5.56 Å². The summed E-state index contributed by atoms with van der Waals surface area (Å²) >= 11 is 0. The Morgan fingerprint density at radius 3 is 2.77 bits per heavy atom. The van der Waals surface area contributed by atoms with Crippen molar-refractivity contribution in [3.63, 3.8) is 0 Å². The molecule has 2 heterocycles. The summed E-state index contributed by atoms with van der Waals surface area (Å²) in [4.78, 5) is 23.4. The molecule has 2 N–H and O–H groups in total. The Morgan fingerprint density at radius 2 is 1.96 bits per heavy atom. The molecule has 1 aromatic heterocycles. The molecule has 0 unspecified atom stereocenters. The first-order chi connectivity index (χ1) is 12.5. The van der Waals surface area contributed by atoms with Crippen LogP contribution < -0.4 is 25.6 Å². The number of nitrogens with two attached hydrogens (primary N) is 1. The maximum absolute atomic E-state index is 12.5. The average molecular weight is 353 g/mol. The van der Waals surface area contributed by atoms with Crippen LogP contribution >= 0.6 is 0 Å². The summed E-state index contributed by atoms with van der Waals surface area (Å²) < 4.78 is 21.5. The molecule has 0 fully saturated rings. The summed E-state index contributed by atoms with van der Waals surface area (Å²) in [7, 11) is 0. The lowest BCUT2D eigenvalue weighted by atomic mass is 9.99. The zero-order chi connectivity index (χ0) is 18.3. The van der Waals surface area contributed by atoms with Gasteiger partial charge in [-0.1, -0.05) is 6.07 Å². The molecule has 132 valence electrons. The highest BCUT2D eigenvalue weighted by molar-refractivity contribution is 5.88. The van der Waals surface area contributed by atoms with Crippen LogP contribution in [0.2, 0.25) is 0 Å². The minimum Gasteiger partial charge on any atom is -0.484 e. The van der Waals surface area contributed by atoms with E-state index in [1.54, 1.807) is 36.4 Å². The number of aryl methyl sites for hydroxylation is 1. The van der Waals surface area contributed by atoms with Gasteiger partial charge in [0, 0.05) is 5.39 Å². The fourth-order valence-corrected chi connectivity index (χ4v) is 2.96. The van der Waals surface area contributed by atoms with Gasteiger partial charge in [0.25, 0.3) is 5.91 Å². The van der Waals surface area contributed by atoms with Gasteiger partial charge in [0.05, 0.1) is 5.56 Å². The second-order valence-electron chi connectivity index (χ2n) is 5.87. The average Bonchev–Trinajstić information content (AvgIpc) is 3.08. The van der Waals surface area contributed by atoms with Crippen LogP contribution in [-0.2, 0) is 4.79 Å². The Bertz CT molecular complexity index is 1090. The summed E-state index contributed by atoms with van der Waals surface area (Å²) in [5.41, 5.74) is 6.93. The molecule has 0 saturated carbocycles. The first-order valence-corrected chi connectivity index (χ1v) is 7.91. The maximum atomic E-state index is 12.5. The Labute approximate surface area is 147 Å². The minimum absolute atomic E-state index is 0.157. The van der Waals surface area contributed by atoms with Gasteiger partial charge in [0.1, 0.15) is 11.3 Å². The first-order valence-electron chi connectivity index (χ1n) is 7.91. The number of ether oxygens (including phenoxy) is 3. The largest absolute Gasteiger partial charge is 0.484 e. The predicted molar refractivity (Wildman–Crippen MR) is 93.5 cm³/mol.